The average Bonchev–Trinajstić information content (AvgIpc) is 3.02. The first kappa shape index (κ1) is 13.5. The lowest BCUT2D eigenvalue weighted by atomic mass is 9.86. The van der Waals surface area contributed by atoms with E-state index in [0.29, 0.717) is 18.3 Å². The van der Waals surface area contributed by atoms with Gasteiger partial charge < -0.3 is 5.32 Å². The molecule has 0 heterocycles. The van der Waals surface area contributed by atoms with E-state index in [4.69, 9.17) is 0 Å². The molecule has 0 radical (unpaired) electrons. The first-order valence-corrected chi connectivity index (χ1v) is 6.98. The van der Waals surface area contributed by atoms with E-state index >= 15 is 0 Å². The minimum absolute atomic E-state index is 0.294. The van der Waals surface area contributed by atoms with Crippen molar-refractivity contribution in [3.8, 4) is 0 Å². The van der Waals surface area contributed by atoms with Crippen LogP contribution in [0.15, 0.2) is 12.1 Å². The van der Waals surface area contributed by atoms with Crippen LogP contribution >= 0.6 is 0 Å². The predicted octanol–water partition coefficient (Wildman–Crippen LogP) is 3.87. The Bertz CT molecular complexity index is 546. The molecule has 2 fully saturated rings. The molecule has 0 saturated heterocycles. The second kappa shape index (κ2) is 5.11. The van der Waals surface area contributed by atoms with Crippen LogP contribution in [0.25, 0.3) is 0 Å². The Balaban J connectivity index is 1.63. The normalized spacial score (nSPS) is 27.9. The standard InChI is InChI=1S/C15H16F3NO/c16-11-3-4-12(15(18)14(11)17)19-13(20)7-10-6-8-1-2-9(10)5-8/h3-4,8-10H,1-2,5-7H2,(H,19,20)/t8-,9-,10-/m1/s1. The molecular formula is C15H16F3NO. The van der Waals surface area contributed by atoms with Gasteiger partial charge >= 0.3 is 0 Å². The van der Waals surface area contributed by atoms with E-state index in [1.807, 2.05) is 0 Å². The Kier molecular flexibility index (Phi) is 3.44. The number of nitrogens with one attached hydrogen (secondary N) is 1. The average molecular weight is 283 g/mol. The van der Waals surface area contributed by atoms with Gasteiger partial charge in [-0.15, -0.1) is 0 Å². The highest BCUT2D eigenvalue weighted by atomic mass is 19.2. The van der Waals surface area contributed by atoms with Gasteiger partial charge in [0.25, 0.3) is 0 Å². The van der Waals surface area contributed by atoms with E-state index in [-0.39, 0.29) is 11.6 Å². The fourth-order valence-electron chi connectivity index (χ4n) is 3.69. The molecular weight excluding hydrogens is 267 g/mol. The third-order valence-corrected chi connectivity index (χ3v) is 4.64. The fraction of sp³-hybridized carbons (Fsp3) is 0.533. The maximum Gasteiger partial charge on any atom is 0.224 e. The van der Waals surface area contributed by atoms with Crippen LogP contribution in [-0.4, -0.2) is 5.91 Å². The van der Waals surface area contributed by atoms with Crippen molar-refractivity contribution in [3.05, 3.63) is 29.6 Å². The molecule has 3 rings (SSSR count). The number of halogens is 3. The molecule has 0 aliphatic heterocycles. The molecule has 1 amide bonds. The van der Waals surface area contributed by atoms with Crippen molar-refractivity contribution in [1.29, 1.82) is 0 Å². The molecule has 3 atom stereocenters. The maximum absolute atomic E-state index is 13.5. The van der Waals surface area contributed by atoms with Crippen molar-refractivity contribution in [2.75, 3.05) is 5.32 Å². The van der Waals surface area contributed by atoms with Crippen LogP contribution in [0.3, 0.4) is 0 Å². The quantitative estimate of drug-likeness (QED) is 0.838. The van der Waals surface area contributed by atoms with E-state index < -0.39 is 17.5 Å². The van der Waals surface area contributed by atoms with Crippen LogP contribution in [0.4, 0.5) is 18.9 Å². The van der Waals surface area contributed by atoms with Crippen molar-refractivity contribution in [1.82, 2.24) is 0 Å². The van der Waals surface area contributed by atoms with Gasteiger partial charge in [0.15, 0.2) is 17.5 Å². The Morgan fingerprint density at radius 1 is 1.15 bits per heavy atom. The van der Waals surface area contributed by atoms with Gasteiger partial charge in [-0.05, 0) is 49.1 Å². The molecule has 2 aliphatic rings. The summed E-state index contributed by atoms with van der Waals surface area (Å²) in [7, 11) is 0. The number of fused-ring (bicyclic) bond motifs is 2. The molecule has 2 bridgehead atoms. The van der Waals surface area contributed by atoms with E-state index in [0.717, 1.165) is 24.5 Å². The zero-order valence-corrected chi connectivity index (χ0v) is 11.0. The van der Waals surface area contributed by atoms with E-state index in [1.165, 1.54) is 19.3 Å². The Hall–Kier alpha value is -1.52. The van der Waals surface area contributed by atoms with Crippen molar-refractivity contribution in [2.45, 2.75) is 32.1 Å². The molecule has 2 nitrogen and oxygen atoms in total. The predicted molar refractivity (Wildman–Crippen MR) is 68.5 cm³/mol. The highest BCUT2D eigenvalue weighted by Crippen LogP contribution is 2.49. The third-order valence-electron chi connectivity index (χ3n) is 4.64. The van der Waals surface area contributed by atoms with Crippen LogP contribution in [0, 0.1) is 35.2 Å². The molecule has 0 spiro atoms. The van der Waals surface area contributed by atoms with Crippen LogP contribution in [-0.2, 0) is 4.79 Å². The largest absolute Gasteiger partial charge is 0.323 e. The molecule has 2 aliphatic carbocycles. The van der Waals surface area contributed by atoms with Gasteiger partial charge in [-0.25, -0.2) is 13.2 Å². The number of rotatable bonds is 3. The third kappa shape index (κ3) is 2.41. The van der Waals surface area contributed by atoms with Gasteiger partial charge in [0.05, 0.1) is 5.69 Å². The number of amides is 1. The fourth-order valence-corrected chi connectivity index (χ4v) is 3.69. The summed E-state index contributed by atoms with van der Waals surface area (Å²) >= 11 is 0. The number of anilines is 1. The summed E-state index contributed by atoms with van der Waals surface area (Å²) in [6.07, 6.45) is 5.00. The summed E-state index contributed by atoms with van der Waals surface area (Å²) in [6, 6.07) is 1.86. The SMILES string of the molecule is O=C(C[C@H]1C[C@@H]2CC[C@@H]1C2)Nc1ccc(F)c(F)c1F. The number of hydrogen-bond acceptors (Lipinski definition) is 1. The highest BCUT2D eigenvalue weighted by molar-refractivity contribution is 5.91. The van der Waals surface area contributed by atoms with Gasteiger partial charge in [0, 0.05) is 6.42 Å². The molecule has 108 valence electrons. The number of carbonyl (C=O) groups excluding carboxylic acids is 1. The summed E-state index contributed by atoms with van der Waals surface area (Å²) < 4.78 is 39.3. The van der Waals surface area contributed by atoms with Crippen LogP contribution in [0.5, 0.6) is 0 Å². The Labute approximate surface area is 115 Å². The van der Waals surface area contributed by atoms with E-state index in [9.17, 15) is 18.0 Å². The maximum atomic E-state index is 13.5. The number of carbonyl (C=O) groups is 1. The molecule has 5 heteroatoms. The number of benzene rings is 1. The van der Waals surface area contributed by atoms with Gasteiger partial charge in [-0.1, -0.05) is 6.42 Å². The highest BCUT2D eigenvalue weighted by Gasteiger charge is 2.40. The van der Waals surface area contributed by atoms with E-state index in [2.05, 4.69) is 5.32 Å². The van der Waals surface area contributed by atoms with Gasteiger partial charge in [-0.2, -0.15) is 0 Å². The second-order valence-electron chi connectivity index (χ2n) is 5.91. The van der Waals surface area contributed by atoms with E-state index in [1.54, 1.807) is 0 Å². The first-order valence-electron chi connectivity index (χ1n) is 6.98. The summed E-state index contributed by atoms with van der Waals surface area (Å²) in [5, 5.41) is 2.34. The lowest BCUT2D eigenvalue weighted by Crippen LogP contribution is -2.21. The lowest BCUT2D eigenvalue weighted by molar-refractivity contribution is -0.117. The van der Waals surface area contributed by atoms with Crippen molar-refractivity contribution in [3.63, 3.8) is 0 Å². The zero-order valence-electron chi connectivity index (χ0n) is 11.0. The Morgan fingerprint density at radius 3 is 2.60 bits per heavy atom. The minimum Gasteiger partial charge on any atom is -0.323 e. The number of hydrogen-bond donors (Lipinski definition) is 1. The summed E-state index contributed by atoms with van der Waals surface area (Å²) in [5.41, 5.74) is -0.294. The molecule has 1 N–H and O–H groups in total. The van der Waals surface area contributed by atoms with Gasteiger partial charge in [-0.3, -0.25) is 4.79 Å². The lowest BCUT2D eigenvalue weighted by Gasteiger charge is -2.21. The molecule has 2 saturated carbocycles. The minimum atomic E-state index is -1.55. The van der Waals surface area contributed by atoms with Crippen LogP contribution in [0.2, 0.25) is 0 Å². The smallest absolute Gasteiger partial charge is 0.224 e. The van der Waals surface area contributed by atoms with Crippen LogP contribution in [0.1, 0.15) is 32.1 Å². The molecule has 1 aromatic carbocycles. The molecule has 0 aromatic heterocycles. The second-order valence-corrected chi connectivity index (χ2v) is 5.91. The summed E-state index contributed by atoms with van der Waals surface area (Å²) in [4.78, 5) is 11.9. The van der Waals surface area contributed by atoms with Gasteiger partial charge in [0.1, 0.15) is 0 Å². The molecule has 0 unspecified atom stereocenters. The van der Waals surface area contributed by atoms with Crippen molar-refractivity contribution < 1.29 is 18.0 Å². The monoisotopic (exact) mass is 283 g/mol. The van der Waals surface area contributed by atoms with Gasteiger partial charge in [0.2, 0.25) is 5.91 Å². The summed E-state index contributed by atoms with van der Waals surface area (Å²) in [5.74, 6) is -2.80. The van der Waals surface area contributed by atoms with Crippen molar-refractivity contribution >= 4 is 11.6 Å². The first-order chi connectivity index (χ1) is 9.54. The van der Waals surface area contributed by atoms with Crippen molar-refractivity contribution in [2.24, 2.45) is 17.8 Å². The topological polar surface area (TPSA) is 29.1 Å². The Morgan fingerprint density at radius 2 is 1.95 bits per heavy atom. The zero-order chi connectivity index (χ0) is 14.3. The van der Waals surface area contributed by atoms with Crippen LogP contribution < -0.4 is 5.32 Å². The summed E-state index contributed by atoms with van der Waals surface area (Å²) in [6.45, 7) is 0. The molecule has 1 aromatic rings. The molecule has 20 heavy (non-hydrogen) atoms.